The number of carbonyl (C=O) groups excluding carboxylic acids is 2. The van der Waals surface area contributed by atoms with Crippen molar-refractivity contribution >= 4 is 41.0 Å². The number of carbonyl (C=O) groups is 3. The topological polar surface area (TPSA) is 92.7 Å². The minimum absolute atomic E-state index is 0.0359. The zero-order chi connectivity index (χ0) is 16.0. The lowest BCUT2D eigenvalue weighted by Crippen LogP contribution is -2.41. The summed E-state index contributed by atoms with van der Waals surface area (Å²) >= 11 is 11.7. The summed E-state index contributed by atoms with van der Waals surface area (Å²) in [6, 6.07) is 3.22. The number of esters is 1. The number of amides is 1. The van der Waals surface area contributed by atoms with E-state index in [-0.39, 0.29) is 28.5 Å². The molecular weight excluding hydrogens is 321 g/mol. The molecule has 0 saturated carbocycles. The Hall–Kier alpha value is -1.79. The largest absolute Gasteiger partial charge is 0.480 e. The molecule has 6 nitrogen and oxygen atoms in total. The molecule has 0 aromatic heterocycles. The fourth-order valence-corrected chi connectivity index (χ4v) is 1.92. The van der Waals surface area contributed by atoms with E-state index in [1.807, 2.05) is 0 Å². The zero-order valence-electron chi connectivity index (χ0n) is 11.1. The Morgan fingerprint density at radius 2 is 2.00 bits per heavy atom. The maximum Gasteiger partial charge on any atom is 0.326 e. The number of rotatable bonds is 6. The van der Waals surface area contributed by atoms with E-state index in [0.717, 1.165) is 0 Å². The number of hydrogen-bond acceptors (Lipinski definition) is 4. The monoisotopic (exact) mass is 333 g/mol. The molecule has 0 fully saturated rings. The zero-order valence-corrected chi connectivity index (χ0v) is 12.6. The highest BCUT2D eigenvalue weighted by Crippen LogP contribution is 2.25. The van der Waals surface area contributed by atoms with Crippen molar-refractivity contribution in [2.45, 2.75) is 18.9 Å². The summed E-state index contributed by atoms with van der Waals surface area (Å²) in [5.74, 6) is -2.50. The van der Waals surface area contributed by atoms with Crippen LogP contribution in [0.4, 0.5) is 0 Å². The smallest absolute Gasteiger partial charge is 0.326 e. The van der Waals surface area contributed by atoms with E-state index >= 15 is 0 Å². The standard InChI is InChI=1S/C13H13Cl2NO5/c1-21-10(17)6-5-9(13(19)20)16-12(18)7-3-2-4-8(14)11(7)15/h2-4,9H,5-6H2,1H3,(H,16,18)(H,19,20). The van der Waals surface area contributed by atoms with Crippen LogP contribution < -0.4 is 5.32 Å². The molecule has 114 valence electrons. The third-order valence-corrected chi connectivity index (χ3v) is 3.48. The lowest BCUT2D eigenvalue weighted by Gasteiger charge is -2.14. The second-order valence-corrected chi connectivity index (χ2v) is 4.87. The van der Waals surface area contributed by atoms with Gasteiger partial charge in [-0.15, -0.1) is 0 Å². The van der Waals surface area contributed by atoms with E-state index in [9.17, 15) is 14.4 Å². The highest BCUT2D eigenvalue weighted by atomic mass is 35.5. The molecule has 0 aliphatic rings. The Morgan fingerprint density at radius 1 is 1.33 bits per heavy atom. The van der Waals surface area contributed by atoms with Gasteiger partial charge < -0.3 is 15.2 Å². The maximum absolute atomic E-state index is 12.0. The van der Waals surface area contributed by atoms with Crippen LogP contribution in [0.15, 0.2) is 18.2 Å². The Morgan fingerprint density at radius 3 is 2.57 bits per heavy atom. The first-order valence-corrected chi connectivity index (χ1v) is 6.67. The second kappa shape index (κ2) is 7.85. The molecule has 0 heterocycles. The van der Waals surface area contributed by atoms with Crippen LogP contribution in [0.5, 0.6) is 0 Å². The van der Waals surface area contributed by atoms with Gasteiger partial charge in [-0.1, -0.05) is 29.3 Å². The summed E-state index contributed by atoms with van der Waals surface area (Å²) in [6.07, 6.45) is -0.219. The van der Waals surface area contributed by atoms with Gasteiger partial charge in [-0.2, -0.15) is 0 Å². The molecule has 1 unspecified atom stereocenters. The number of benzene rings is 1. The fraction of sp³-hybridized carbons (Fsp3) is 0.308. The van der Waals surface area contributed by atoms with Gasteiger partial charge in [0, 0.05) is 6.42 Å². The van der Waals surface area contributed by atoms with E-state index < -0.39 is 23.9 Å². The van der Waals surface area contributed by atoms with E-state index in [2.05, 4.69) is 10.1 Å². The van der Waals surface area contributed by atoms with Crippen LogP contribution in [0.25, 0.3) is 0 Å². The van der Waals surface area contributed by atoms with E-state index in [1.54, 1.807) is 0 Å². The summed E-state index contributed by atoms with van der Waals surface area (Å²) in [5, 5.41) is 11.6. The van der Waals surface area contributed by atoms with Gasteiger partial charge in [0.05, 0.1) is 22.7 Å². The molecular formula is C13H13Cl2NO5. The maximum atomic E-state index is 12.0. The summed E-state index contributed by atoms with van der Waals surface area (Å²) < 4.78 is 4.42. The molecule has 1 amide bonds. The first-order chi connectivity index (χ1) is 9.86. The van der Waals surface area contributed by atoms with Crippen LogP contribution in [0.2, 0.25) is 10.0 Å². The molecule has 21 heavy (non-hydrogen) atoms. The van der Waals surface area contributed by atoms with Gasteiger partial charge in [-0.05, 0) is 18.6 Å². The Labute approximate surface area is 131 Å². The van der Waals surface area contributed by atoms with Crippen LogP contribution in [0.1, 0.15) is 23.2 Å². The van der Waals surface area contributed by atoms with Crippen molar-refractivity contribution in [3.8, 4) is 0 Å². The van der Waals surface area contributed by atoms with Crippen molar-refractivity contribution in [1.29, 1.82) is 0 Å². The van der Waals surface area contributed by atoms with Crippen molar-refractivity contribution in [3.05, 3.63) is 33.8 Å². The lowest BCUT2D eigenvalue weighted by atomic mass is 10.1. The van der Waals surface area contributed by atoms with Gasteiger partial charge in [0.15, 0.2) is 0 Å². The third kappa shape index (κ3) is 4.91. The molecule has 0 bridgehead atoms. The Balaban J connectivity index is 2.79. The molecule has 0 aliphatic heterocycles. The van der Waals surface area contributed by atoms with Crippen molar-refractivity contribution in [1.82, 2.24) is 5.32 Å². The molecule has 1 aromatic carbocycles. The van der Waals surface area contributed by atoms with E-state index in [1.165, 1.54) is 25.3 Å². The van der Waals surface area contributed by atoms with Crippen LogP contribution >= 0.6 is 23.2 Å². The predicted molar refractivity (Wildman–Crippen MR) is 76.6 cm³/mol. The summed E-state index contributed by atoms with van der Waals surface area (Å²) in [7, 11) is 1.20. The average Bonchev–Trinajstić information content (AvgIpc) is 2.45. The average molecular weight is 334 g/mol. The Kier molecular flexibility index (Phi) is 6.45. The van der Waals surface area contributed by atoms with Crippen LogP contribution in [0, 0.1) is 0 Å². The van der Waals surface area contributed by atoms with Gasteiger partial charge in [0.25, 0.3) is 5.91 Å². The molecule has 1 aromatic rings. The summed E-state index contributed by atoms with van der Waals surface area (Å²) in [6.45, 7) is 0. The minimum Gasteiger partial charge on any atom is -0.480 e. The molecule has 8 heteroatoms. The van der Waals surface area contributed by atoms with Crippen molar-refractivity contribution in [2.75, 3.05) is 7.11 Å². The van der Waals surface area contributed by atoms with Gasteiger partial charge in [-0.3, -0.25) is 9.59 Å². The predicted octanol–water partition coefficient (Wildman–Crippen LogP) is 2.13. The second-order valence-electron chi connectivity index (χ2n) is 4.08. The third-order valence-electron chi connectivity index (χ3n) is 2.66. The van der Waals surface area contributed by atoms with Crippen molar-refractivity contribution in [2.24, 2.45) is 0 Å². The molecule has 0 radical (unpaired) electrons. The van der Waals surface area contributed by atoms with Gasteiger partial charge in [0.2, 0.25) is 0 Å². The highest BCUT2D eigenvalue weighted by molar-refractivity contribution is 6.43. The molecule has 2 N–H and O–H groups in total. The quantitative estimate of drug-likeness (QED) is 0.778. The number of carboxylic acids is 1. The molecule has 0 aliphatic carbocycles. The lowest BCUT2D eigenvalue weighted by molar-refractivity contribution is -0.142. The van der Waals surface area contributed by atoms with E-state index in [4.69, 9.17) is 28.3 Å². The van der Waals surface area contributed by atoms with Gasteiger partial charge in [0.1, 0.15) is 6.04 Å². The fourth-order valence-electron chi connectivity index (χ4n) is 1.54. The van der Waals surface area contributed by atoms with E-state index in [0.29, 0.717) is 0 Å². The van der Waals surface area contributed by atoms with Crippen molar-refractivity contribution in [3.63, 3.8) is 0 Å². The molecule has 1 rings (SSSR count). The first-order valence-electron chi connectivity index (χ1n) is 5.91. The number of hydrogen-bond donors (Lipinski definition) is 2. The number of nitrogens with one attached hydrogen (secondary N) is 1. The first kappa shape index (κ1) is 17.3. The number of ether oxygens (including phenoxy) is 1. The Bertz CT molecular complexity index is 561. The number of halogens is 2. The number of carboxylic acid groups (broad SMARTS) is 1. The van der Waals surface area contributed by atoms with Gasteiger partial charge in [-0.25, -0.2) is 4.79 Å². The summed E-state index contributed by atoms with van der Waals surface area (Å²) in [5.41, 5.74) is 0.0634. The van der Waals surface area contributed by atoms with Crippen LogP contribution in [-0.2, 0) is 14.3 Å². The SMILES string of the molecule is COC(=O)CCC(NC(=O)c1cccc(Cl)c1Cl)C(=O)O. The highest BCUT2D eigenvalue weighted by Gasteiger charge is 2.23. The molecule has 1 atom stereocenters. The van der Waals surface area contributed by atoms with Gasteiger partial charge >= 0.3 is 11.9 Å². The normalized spacial score (nSPS) is 11.6. The molecule has 0 spiro atoms. The van der Waals surface area contributed by atoms with Crippen molar-refractivity contribution < 1.29 is 24.2 Å². The number of aliphatic carboxylic acids is 1. The molecule has 0 saturated heterocycles. The summed E-state index contributed by atoms with van der Waals surface area (Å²) in [4.78, 5) is 34.1. The van der Waals surface area contributed by atoms with Crippen LogP contribution in [-0.4, -0.2) is 36.1 Å². The minimum atomic E-state index is -1.26. The number of methoxy groups -OCH3 is 1. The van der Waals surface area contributed by atoms with Crippen LogP contribution in [0.3, 0.4) is 0 Å².